The Hall–Kier alpha value is -2.48. The second-order valence-electron chi connectivity index (χ2n) is 3.88. The third kappa shape index (κ3) is 2.52. The van der Waals surface area contributed by atoms with Gasteiger partial charge in [0.25, 0.3) is 5.69 Å². The molecule has 1 heterocycles. The summed E-state index contributed by atoms with van der Waals surface area (Å²) in [5.74, 6) is 0.302. The van der Waals surface area contributed by atoms with Gasteiger partial charge in [0.05, 0.1) is 30.4 Å². The first-order valence-electron chi connectivity index (χ1n) is 5.46. The minimum absolute atomic E-state index is 0.0727. The third-order valence-electron chi connectivity index (χ3n) is 2.56. The van der Waals surface area contributed by atoms with E-state index in [-0.39, 0.29) is 5.69 Å². The molecule has 0 saturated carbocycles. The molecule has 0 amide bonds. The van der Waals surface area contributed by atoms with Gasteiger partial charge in [0, 0.05) is 6.07 Å². The lowest BCUT2D eigenvalue weighted by molar-refractivity contribution is -0.384. The largest absolute Gasteiger partial charge is 0.494 e. The van der Waals surface area contributed by atoms with Crippen LogP contribution < -0.4 is 4.74 Å². The van der Waals surface area contributed by atoms with E-state index in [0.29, 0.717) is 17.1 Å². The number of ether oxygens (including phenoxy) is 1. The van der Waals surface area contributed by atoms with Gasteiger partial charge in [-0.15, -0.1) is 5.10 Å². The summed E-state index contributed by atoms with van der Waals surface area (Å²) in [6.07, 6.45) is 0.798. The van der Waals surface area contributed by atoms with Crippen LogP contribution in [0.25, 0.3) is 5.69 Å². The van der Waals surface area contributed by atoms with Crippen molar-refractivity contribution in [1.29, 1.82) is 0 Å². The molecule has 2 aromatic rings. The maximum Gasteiger partial charge on any atom is 0.273 e. The molecule has 0 aliphatic heterocycles. The predicted molar refractivity (Wildman–Crippen MR) is 65.2 cm³/mol. The van der Waals surface area contributed by atoms with Crippen molar-refractivity contribution in [3.63, 3.8) is 0 Å². The molecule has 0 radical (unpaired) electrons. The molecule has 1 aromatic carbocycles. The van der Waals surface area contributed by atoms with E-state index in [1.54, 1.807) is 6.92 Å². The van der Waals surface area contributed by atoms with E-state index in [0.717, 1.165) is 0 Å². The van der Waals surface area contributed by atoms with Crippen molar-refractivity contribution in [2.75, 3.05) is 7.11 Å². The molecule has 0 saturated heterocycles. The molecule has 19 heavy (non-hydrogen) atoms. The van der Waals surface area contributed by atoms with Crippen molar-refractivity contribution in [1.82, 2.24) is 15.0 Å². The zero-order valence-electron chi connectivity index (χ0n) is 10.3. The second kappa shape index (κ2) is 5.02. The summed E-state index contributed by atoms with van der Waals surface area (Å²) in [7, 11) is 1.41. The van der Waals surface area contributed by atoms with Crippen LogP contribution in [0.5, 0.6) is 5.75 Å². The van der Waals surface area contributed by atoms with E-state index < -0.39 is 11.0 Å². The van der Waals surface area contributed by atoms with Crippen LogP contribution >= 0.6 is 0 Å². The molecule has 0 spiro atoms. The van der Waals surface area contributed by atoms with Crippen LogP contribution in [-0.2, 0) is 0 Å². The number of methoxy groups -OCH3 is 1. The van der Waals surface area contributed by atoms with E-state index in [9.17, 15) is 15.2 Å². The van der Waals surface area contributed by atoms with Gasteiger partial charge in [-0.1, -0.05) is 5.21 Å². The average Bonchev–Trinajstić information content (AvgIpc) is 2.87. The number of aliphatic hydroxyl groups is 1. The van der Waals surface area contributed by atoms with Gasteiger partial charge in [-0.3, -0.25) is 10.1 Å². The van der Waals surface area contributed by atoms with Crippen molar-refractivity contribution in [3.8, 4) is 11.4 Å². The van der Waals surface area contributed by atoms with Crippen molar-refractivity contribution in [2.45, 2.75) is 13.0 Å². The number of hydrogen-bond donors (Lipinski definition) is 1. The maximum atomic E-state index is 10.7. The minimum atomic E-state index is -0.738. The van der Waals surface area contributed by atoms with Gasteiger partial charge < -0.3 is 9.84 Å². The van der Waals surface area contributed by atoms with E-state index in [2.05, 4.69) is 10.3 Å². The van der Waals surface area contributed by atoms with Crippen LogP contribution in [0, 0.1) is 10.1 Å². The van der Waals surface area contributed by atoms with E-state index in [1.807, 2.05) is 0 Å². The number of aromatic nitrogens is 3. The predicted octanol–water partition coefficient (Wildman–Crippen LogP) is 1.24. The van der Waals surface area contributed by atoms with Gasteiger partial charge in [0.2, 0.25) is 0 Å². The monoisotopic (exact) mass is 264 g/mol. The lowest BCUT2D eigenvalue weighted by Crippen LogP contribution is -2.00. The number of rotatable bonds is 4. The molecular weight excluding hydrogens is 252 g/mol. The normalized spacial score (nSPS) is 12.2. The molecular formula is C11H12N4O4. The fourth-order valence-electron chi connectivity index (χ4n) is 1.56. The maximum absolute atomic E-state index is 10.7. The number of nitro benzene ring substituents is 1. The van der Waals surface area contributed by atoms with E-state index >= 15 is 0 Å². The number of nitrogens with zero attached hydrogens (tertiary/aromatic N) is 4. The first-order valence-corrected chi connectivity index (χ1v) is 5.46. The van der Waals surface area contributed by atoms with Crippen LogP contribution in [0.3, 0.4) is 0 Å². The molecule has 8 heteroatoms. The average molecular weight is 264 g/mol. The zero-order valence-corrected chi connectivity index (χ0v) is 10.3. The van der Waals surface area contributed by atoms with Crippen molar-refractivity contribution in [2.24, 2.45) is 0 Å². The van der Waals surface area contributed by atoms with Gasteiger partial charge in [0.15, 0.2) is 5.75 Å². The highest BCUT2D eigenvalue weighted by Crippen LogP contribution is 2.27. The molecule has 0 fully saturated rings. The summed E-state index contributed by atoms with van der Waals surface area (Å²) in [6, 6.07) is 4.16. The SMILES string of the molecule is COc1cc([N+](=O)[O-])ccc1-n1cc(C(C)O)nn1. The minimum Gasteiger partial charge on any atom is -0.494 e. The van der Waals surface area contributed by atoms with Crippen molar-refractivity contribution < 1.29 is 14.8 Å². The number of aliphatic hydroxyl groups excluding tert-OH is 1. The molecule has 2 rings (SSSR count). The molecule has 1 N–H and O–H groups in total. The molecule has 0 bridgehead atoms. The van der Waals surface area contributed by atoms with E-state index in [4.69, 9.17) is 4.74 Å². The van der Waals surface area contributed by atoms with Crippen LogP contribution in [0.2, 0.25) is 0 Å². The van der Waals surface area contributed by atoms with Crippen molar-refractivity contribution in [3.05, 3.63) is 40.2 Å². The fourth-order valence-corrected chi connectivity index (χ4v) is 1.56. The highest BCUT2D eigenvalue weighted by atomic mass is 16.6. The molecule has 100 valence electrons. The van der Waals surface area contributed by atoms with Crippen LogP contribution in [0.15, 0.2) is 24.4 Å². The third-order valence-corrected chi connectivity index (χ3v) is 2.56. The summed E-state index contributed by atoms with van der Waals surface area (Å²) >= 11 is 0. The number of non-ortho nitro benzene ring substituents is 1. The molecule has 1 atom stereocenters. The fraction of sp³-hybridized carbons (Fsp3) is 0.273. The standard InChI is InChI=1S/C11H12N4O4/c1-7(16)9-6-14(13-12-9)10-4-3-8(15(17)18)5-11(10)19-2/h3-7,16H,1-2H3. The number of benzene rings is 1. The Kier molecular flexibility index (Phi) is 3.43. The molecule has 0 aliphatic rings. The first kappa shape index (κ1) is 13.0. The Balaban J connectivity index is 2.46. The summed E-state index contributed by atoms with van der Waals surface area (Å²) in [6.45, 7) is 1.57. The molecule has 8 nitrogen and oxygen atoms in total. The van der Waals surface area contributed by atoms with Crippen LogP contribution in [0.4, 0.5) is 5.69 Å². The Morgan fingerprint density at radius 3 is 2.79 bits per heavy atom. The van der Waals surface area contributed by atoms with Gasteiger partial charge in [-0.05, 0) is 13.0 Å². The second-order valence-corrected chi connectivity index (χ2v) is 3.88. The van der Waals surface area contributed by atoms with Crippen LogP contribution in [-0.4, -0.2) is 32.1 Å². The highest BCUT2D eigenvalue weighted by Gasteiger charge is 2.15. The lowest BCUT2D eigenvalue weighted by atomic mass is 10.2. The van der Waals surface area contributed by atoms with E-state index in [1.165, 1.54) is 36.2 Å². The summed E-state index contributed by atoms with van der Waals surface area (Å²) < 4.78 is 6.50. The molecule has 0 aliphatic carbocycles. The topological polar surface area (TPSA) is 103 Å². The van der Waals surface area contributed by atoms with Gasteiger partial charge in [-0.2, -0.15) is 0 Å². The Bertz CT molecular complexity index is 608. The van der Waals surface area contributed by atoms with Gasteiger partial charge >= 0.3 is 0 Å². The first-order chi connectivity index (χ1) is 9.02. The molecule has 1 aromatic heterocycles. The number of nitro groups is 1. The van der Waals surface area contributed by atoms with Crippen LogP contribution in [0.1, 0.15) is 18.7 Å². The lowest BCUT2D eigenvalue weighted by Gasteiger charge is -2.07. The van der Waals surface area contributed by atoms with Crippen molar-refractivity contribution >= 4 is 5.69 Å². The quantitative estimate of drug-likeness (QED) is 0.658. The summed E-state index contributed by atoms with van der Waals surface area (Å²) in [5, 5.41) is 27.7. The van der Waals surface area contributed by atoms with Gasteiger partial charge in [0.1, 0.15) is 11.4 Å². The Morgan fingerprint density at radius 2 is 2.26 bits per heavy atom. The zero-order chi connectivity index (χ0) is 14.0. The van der Waals surface area contributed by atoms with Gasteiger partial charge in [-0.25, -0.2) is 4.68 Å². The Morgan fingerprint density at radius 1 is 1.53 bits per heavy atom. The summed E-state index contributed by atoms with van der Waals surface area (Å²) in [5.41, 5.74) is 0.837. The highest BCUT2D eigenvalue weighted by molar-refractivity contribution is 5.52. The summed E-state index contributed by atoms with van der Waals surface area (Å²) in [4.78, 5) is 10.2. The number of hydrogen-bond acceptors (Lipinski definition) is 6. The Labute approximate surface area is 108 Å². The molecule has 1 unspecified atom stereocenters. The smallest absolute Gasteiger partial charge is 0.273 e.